The number of hydrogen-bond acceptors (Lipinski definition) is 6. The van der Waals surface area contributed by atoms with Crippen molar-refractivity contribution in [1.82, 2.24) is 9.88 Å². The Labute approximate surface area is 178 Å². The van der Waals surface area contributed by atoms with E-state index in [1.807, 2.05) is 12.3 Å². The first-order valence-electron chi connectivity index (χ1n) is 9.48. The Morgan fingerprint density at radius 1 is 1.39 bits per heavy atom. The van der Waals surface area contributed by atoms with E-state index in [0.717, 1.165) is 31.2 Å². The summed E-state index contributed by atoms with van der Waals surface area (Å²) >= 11 is 4.90. The van der Waals surface area contributed by atoms with E-state index in [0.29, 0.717) is 33.3 Å². The van der Waals surface area contributed by atoms with Gasteiger partial charge in [0.05, 0.1) is 23.9 Å². The largest absolute Gasteiger partial charge is 0.493 e. The van der Waals surface area contributed by atoms with Crippen molar-refractivity contribution in [3.8, 4) is 11.5 Å². The third-order valence-electron chi connectivity index (χ3n) is 4.81. The van der Waals surface area contributed by atoms with Crippen molar-refractivity contribution in [2.75, 3.05) is 32.1 Å². The van der Waals surface area contributed by atoms with E-state index in [2.05, 4.69) is 38.1 Å². The van der Waals surface area contributed by atoms with E-state index in [1.165, 1.54) is 24.2 Å². The molecule has 1 fully saturated rings. The van der Waals surface area contributed by atoms with Crippen LogP contribution < -0.4 is 14.8 Å². The van der Waals surface area contributed by atoms with E-state index in [1.54, 1.807) is 19.2 Å². The van der Waals surface area contributed by atoms with Gasteiger partial charge in [0.25, 0.3) is 5.91 Å². The van der Waals surface area contributed by atoms with E-state index in [9.17, 15) is 4.79 Å². The zero-order valence-electron chi connectivity index (χ0n) is 16.5. The maximum atomic E-state index is 12.7. The monoisotopic (exact) mass is 467 g/mol. The van der Waals surface area contributed by atoms with Gasteiger partial charge in [0, 0.05) is 17.5 Å². The molecule has 1 N–H and O–H groups in total. The van der Waals surface area contributed by atoms with Crippen molar-refractivity contribution in [2.24, 2.45) is 5.92 Å². The summed E-state index contributed by atoms with van der Waals surface area (Å²) in [6.07, 6.45) is 2.48. The molecule has 1 aliphatic heterocycles. The number of nitrogens with one attached hydrogen (secondary N) is 1. The third-order valence-corrected chi connectivity index (χ3v) is 6.21. The lowest BCUT2D eigenvalue weighted by atomic mass is 9.99. The summed E-state index contributed by atoms with van der Waals surface area (Å²) in [5.41, 5.74) is 1.48. The normalized spacial score (nSPS) is 15.4. The summed E-state index contributed by atoms with van der Waals surface area (Å²) in [4.78, 5) is 19.7. The molecule has 2 aromatic rings. The molecule has 28 heavy (non-hydrogen) atoms. The molecule has 1 saturated heterocycles. The van der Waals surface area contributed by atoms with Crippen LogP contribution in [0, 0.1) is 5.92 Å². The number of thiazole rings is 1. The maximum Gasteiger partial charge on any atom is 0.257 e. The van der Waals surface area contributed by atoms with Crippen molar-refractivity contribution in [3.05, 3.63) is 33.2 Å². The third kappa shape index (κ3) is 5.24. The Hall–Kier alpha value is -1.64. The van der Waals surface area contributed by atoms with Crippen molar-refractivity contribution >= 4 is 38.3 Å². The molecule has 0 saturated carbocycles. The smallest absolute Gasteiger partial charge is 0.257 e. The minimum atomic E-state index is -0.227. The predicted octanol–water partition coefficient (Wildman–Crippen LogP) is 4.80. The first kappa shape index (κ1) is 21.1. The predicted molar refractivity (Wildman–Crippen MR) is 116 cm³/mol. The van der Waals surface area contributed by atoms with Crippen LogP contribution in [0.4, 0.5) is 5.13 Å². The number of likely N-dealkylation sites (tertiary alicyclic amines) is 1. The number of piperidine rings is 1. The molecule has 0 radical (unpaired) electrons. The van der Waals surface area contributed by atoms with Crippen LogP contribution in [0.3, 0.4) is 0 Å². The lowest BCUT2D eigenvalue weighted by Crippen LogP contribution is -2.32. The van der Waals surface area contributed by atoms with Gasteiger partial charge in [-0.05, 0) is 66.8 Å². The van der Waals surface area contributed by atoms with Crippen molar-refractivity contribution in [2.45, 2.75) is 33.2 Å². The molecule has 1 aromatic heterocycles. The standard InChI is InChI=1S/C20H26BrN3O3S/c1-4-27-18-16(21)9-14(10-17(18)26-3)19(25)23-20-22-15(12-28-20)11-24-7-5-13(2)6-8-24/h9-10,12-13H,4-8,11H2,1-3H3,(H,22,23,25). The van der Waals surface area contributed by atoms with Crippen LogP contribution >= 0.6 is 27.3 Å². The van der Waals surface area contributed by atoms with Gasteiger partial charge >= 0.3 is 0 Å². The summed E-state index contributed by atoms with van der Waals surface area (Å²) in [7, 11) is 1.56. The Morgan fingerprint density at radius 2 is 2.14 bits per heavy atom. The molecule has 0 unspecified atom stereocenters. The summed E-state index contributed by atoms with van der Waals surface area (Å²) in [5.74, 6) is 1.69. The Bertz CT molecular complexity index is 819. The first-order chi connectivity index (χ1) is 13.5. The molecule has 0 bridgehead atoms. The number of aromatic nitrogens is 1. The number of rotatable bonds is 7. The molecular weight excluding hydrogens is 442 g/mol. The molecule has 8 heteroatoms. The second-order valence-corrected chi connectivity index (χ2v) is 8.69. The molecule has 2 heterocycles. The average Bonchev–Trinajstić information content (AvgIpc) is 3.11. The van der Waals surface area contributed by atoms with E-state index >= 15 is 0 Å². The van der Waals surface area contributed by atoms with Gasteiger partial charge in [-0.25, -0.2) is 4.98 Å². The Balaban J connectivity index is 1.65. The molecule has 1 aliphatic rings. The lowest BCUT2D eigenvalue weighted by molar-refractivity contribution is 0.102. The average molecular weight is 468 g/mol. The van der Waals surface area contributed by atoms with Crippen molar-refractivity contribution < 1.29 is 14.3 Å². The van der Waals surface area contributed by atoms with Gasteiger partial charge in [-0.15, -0.1) is 11.3 Å². The number of ether oxygens (including phenoxy) is 2. The Kier molecular flexibility index (Phi) is 7.31. The van der Waals surface area contributed by atoms with E-state index in [-0.39, 0.29) is 5.91 Å². The molecule has 152 valence electrons. The van der Waals surface area contributed by atoms with Crippen LogP contribution in [-0.4, -0.2) is 42.6 Å². The van der Waals surface area contributed by atoms with E-state index in [4.69, 9.17) is 9.47 Å². The quantitative estimate of drug-likeness (QED) is 0.633. The highest BCUT2D eigenvalue weighted by molar-refractivity contribution is 9.10. The van der Waals surface area contributed by atoms with Gasteiger partial charge < -0.3 is 9.47 Å². The highest BCUT2D eigenvalue weighted by Gasteiger charge is 2.18. The van der Waals surface area contributed by atoms with Crippen molar-refractivity contribution in [1.29, 1.82) is 0 Å². The van der Waals surface area contributed by atoms with Gasteiger partial charge in [-0.3, -0.25) is 15.0 Å². The van der Waals surface area contributed by atoms with Crippen LogP contribution in [-0.2, 0) is 6.54 Å². The molecule has 3 rings (SSSR count). The fourth-order valence-corrected chi connectivity index (χ4v) is 4.44. The number of halogens is 1. The number of benzene rings is 1. The first-order valence-corrected chi connectivity index (χ1v) is 11.2. The Morgan fingerprint density at radius 3 is 2.82 bits per heavy atom. The van der Waals surface area contributed by atoms with Crippen LogP contribution in [0.5, 0.6) is 11.5 Å². The molecule has 0 atom stereocenters. The minimum absolute atomic E-state index is 0.227. The number of carbonyl (C=O) groups excluding carboxylic acids is 1. The molecule has 1 aromatic carbocycles. The fraction of sp³-hybridized carbons (Fsp3) is 0.500. The summed E-state index contributed by atoms with van der Waals surface area (Å²) in [6.45, 7) is 7.78. The van der Waals surface area contributed by atoms with Gasteiger partial charge in [0.1, 0.15) is 0 Å². The molecule has 0 spiro atoms. The van der Waals surface area contributed by atoms with Crippen LogP contribution in [0.25, 0.3) is 0 Å². The minimum Gasteiger partial charge on any atom is -0.493 e. The molecule has 1 amide bonds. The highest BCUT2D eigenvalue weighted by Crippen LogP contribution is 2.37. The molecular formula is C20H26BrN3O3S. The molecule has 6 nitrogen and oxygen atoms in total. The number of carbonyl (C=O) groups is 1. The van der Waals surface area contributed by atoms with Crippen molar-refractivity contribution in [3.63, 3.8) is 0 Å². The zero-order valence-corrected chi connectivity index (χ0v) is 18.9. The fourth-order valence-electron chi connectivity index (χ4n) is 3.19. The number of methoxy groups -OCH3 is 1. The second-order valence-electron chi connectivity index (χ2n) is 6.98. The summed E-state index contributed by atoms with van der Waals surface area (Å²) < 4.78 is 11.6. The van der Waals surface area contributed by atoms with Crippen LogP contribution in [0.2, 0.25) is 0 Å². The topological polar surface area (TPSA) is 63.7 Å². The highest BCUT2D eigenvalue weighted by atomic mass is 79.9. The van der Waals surface area contributed by atoms with Gasteiger partial charge in [0.2, 0.25) is 0 Å². The number of amides is 1. The van der Waals surface area contributed by atoms with E-state index < -0.39 is 0 Å². The molecule has 0 aliphatic carbocycles. The number of anilines is 1. The summed E-state index contributed by atoms with van der Waals surface area (Å²) in [5, 5.41) is 5.51. The van der Waals surface area contributed by atoms with Crippen LogP contribution in [0.1, 0.15) is 42.7 Å². The second kappa shape index (κ2) is 9.71. The number of hydrogen-bond donors (Lipinski definition) is 1. The summed E-state index contributed by atoms with van der Waals surface area (Å²) in [6, 6.07) is 3.40. The van der Waals surface area contributed by atoms with Crippen LogP contribution in [0.15, 0.2) is 22.0 Å². The zero-order chi connectivity index (χ0) is 20.1. The van der Waals surface area contributed by atoms with Gasteiger partial charge in [0.15, 0.2) is 16.6 Å². The lowest BCUT2D eigenvalue weighted by Gasteiger charge is -2.29. The van der Waals surface area contributed by atoms with Gasteiger partial charge in [-0.2, -0.15) is 0 Å². The number of nitrogens with zero attached hydrogens (tertiary/aromatic N) is 2. The van der Waals surface area contributed by atoms with Gasteiger partial charge in [-0.1, -0.05) is 6.92 Å². The maximum absolute atomic E-state index is 12.7. The SMILES string of the molecule is CCOc1c(Br)cc(C(=O)Nc2nc(CN3CCC(C)CC3)cs2)cc1OC.